The van der Waals surface area contributed by atoms with E-state index in [1.165, 1.54) is 6.20 Å². The first-order valence-electron chi connectivity index (χ1n) is 9.49. The summed E-state index contributed by atoms with van der Waals surface area (Å²) < 4.78 is 20.1. The molecular formula is C23H18FN5O. The van der Waals surface area contributed by atoms with Crippen molar-refractivity contribution in [2.45, 2.75) is 11.8 Å². The van der Waals surface area contributed by atoms with Gasteiger partial charge in [-0.25, -0.2) is 14.4 Å². The van der Waals surface area contributed by atoms with Gasteiger partial charge in [-0.1, -0.05) is 6.07 Å². The topological polar surface area (TPSA) is 76.0 Å². The Morgan fingerprint density at radius 3 is 2.60 bits per heavy atom. The Kier molecular flexibility index (Phi) is 4.35. The van der Waals surface area contributed by atoms with Crippen LogP contribution in [0.5, 0.6) is 5.75 Å². The van der Waals surface area contributed by atoms with Crippen molar-refractivity contribution in [3.8, 4) is 17.1 Å². The molecule has 1 unspecified atom stereocenters. The molecule has 0 saturated heterocycles. The van der Waals surface area contributed by atoms with Gasteiger partial charge in [-0.15, -0.1) is 0 Å². The van der Waals surface area contributed by atoms with Crippen LogP contribution in [0.25, 0.3) is 11.4 Å². The summed E-state index contributed by atoms with van der Waals surface area (Å²) in [5.41, 5.74) is 2.30. The van der Waals surface area contributed by atoms with E-state index in [9.17, 15) is 4.39 Å². The van der Waals surface area contributed by atoms with Crippen molar-refractivity contribution in [2.24, 2.45) is 4.99 Å². The SMILES string of the molecule is COc1ccc(-c2nc3c([nH]2)CC(c2cccnc2)(c2ccncc2F)C=N3)cc1. The number of nitrogens with zero attached hydrogens (tertiary/aromatic N) is 4. The molecule has 7 heteroatoms. The lowest BCUT2D eigenvalue weighted by molar-refractivity contribution is 0.415. The molecule has 0 fully saturated rings. The minimum absolute atomic E-state index is 0.383. The molecule has 0 spiro atoms. The van der Waals surface area contributed by atoms with Gasteiger partial charge >= 0.3 is 0 Å². The van der Waals surface area contributed by atoms with Crippen LogP contribution in [0.2, 0.25) is 0 Å². The van der Waals surface area contributed by atoms with Crippen LogP contribution in [0.3, 0.4) is 0 Å². The van der Waals surface area contributed by atoms with Crippen molar-refractivity contribution >= 4 is 12.0 Å². The van der Waals surface area contributed by atoms with E-state index in [1.54, 1.807) is 38.0 Å². The Bertz CT molecular complexity index is 1220. The molecule has 6 nitrogen and oxygen atoms in total. The van der Waals surface area contributed by atoms with Gasteiger partial charge in [0.05, 0.1) is 24.4 Å². The quantitative estimate of drug-likeness (QED) is 0.556. The van der Waals surface area contributed by atoms with Gasteiger partial charge in [0.2, 0.25) is 0 Å². The molecule has 4 aromatic rings. The van der Waals surface area contributed by atoms with Gasteiger partial charge in [-0.05, 0) is 42.0 Å². The van der Waals surface area contributed by atoms with E-state index in [1.807, 2.05) is 36.4 Å². The molecule has 1 atom stereocenters. The van der Waals surface area contributed by atoms with E-state index in [0.29, 0.717) is 23.6 Å². The van der Waals surface area contributed by atoms with Gasteiger partial charge in [0.25, 0.3) is 0 Å². The number of imidazole rings is 1. The predicted octanol–water partition coefficient (Wildman–Crippen LogP) is 4.26. The highest BCUT2D eigenvalue weighted by Gasteiger charge is 2.39. The number of rotatable bonds is 4. The summed E-state index contributed by atoms with van der Waals surface area (Å²) in [4.78, 5) is 20.8. The number of benzene rings is 1. The first-order chi connectivity index (χ1) is 14.7. The number of H-pyrrole nitrogens is 1. The molecular weight excluding hydrogens is 381 g/mol. The fourth-order valence-electron chi connectivity index (χ4n) is 3.87. The molecule has 30 heavy (non-hydrogen) atoms. The lowest BCUT2D eigenvalue weighted by Crippen LogP contribution is -2.35. The van der Waals surface area contributed by atoms with Crippen molar-refractivity contribution in [1.29, 1.82) is 0 Å². The number of pyridine rings is 2. The number of ether oxygens (including phenoxy) is 1. The first-order valence-corrected chi connectivity index (χ1v) is 9.49. The third-order valence-electron chi connectivity index (χ3n) is 5.41. The molecule has 148 valence electrons. The maximum Gasteiger partial charge on any atom is 0.173 e. The molecule has 1 N–H and O–H groups in total. The van der Waals surface area contributed by atoms with Crippen LogP contribution in [0, 0.1) is 5.82 Å². The Hall–Kier alpha value is -3.87. The smallest absolute Gasteiger partial charge is 0.173 e. The number of aromatic amines is 1. The third-order valence-corrected chi connectivity index (χ3v) is 5.41. The van der Waals surface area contributed by atoms with Crippen LogP contribution < -0.4 is 4.74 Å². The van der Waals surface area contributed by atoms with Crippen molar-refractivity contribution in [3.63, 3.8) is 0 Å². The van der Waals surface area contributed by atoms with Crippen molar-refractivity contribution in [1.82, 2.24) is 19.9 Å². The summed E-state index contributed by atoms with van der Waals surface area (Å²) in [5, 5.41) is 0. The molecule has 3 aromatic heterocycles. The van der Waals surface area contributed by atoms with Gasteiger partial charge < -0.3 is 9.72 Å². The molecule has 1 aromatic carbocycles. The van der Waals surface area contributed by atoms with Gasteiger partial charge in [0.1, 0.15) is 17.4 Å². The van der Waals surface area contributed by atoms with Crippen molar-refractivity contribution < 1.29 is 9.13 Å². The van der Waals surface area contributed by atoms with Gasteiger partial charge in [-0.3, -0.25) is 9.97 Å². The summed E-state index contributed by atoms with van der Waals surface area (Å²) in [6.07, 6.45) is 8.51. The van der Waals surface area contributed by atoms with Crippen LogP contribution >= 0.6 is 0 Å². The zero-order chi connectivity index (χ0) is 20.6. The number of hydrogen-bond acceptors (Lipinski definition) is 5. The first kappa shape index (κ1) is 18.2. The van der Waals surface area contributed by atoms with E-state index in [2.05, 4.69) is 24.9 Å². The van der Waals surface area contributed by atoms with Crippen LogP contribution in [-0.4, -0.2) is 33.3 Å². The van der Waals surface area contributed by atoms with Crippen LogP contribution in [0.1, 0.15) is 16.8 Å². The molecule has 0 aliphatic carbocycles. The molecule has 1 aliphatic rings. The maximum atomic E-state index is 14.8. The van der Waals surface area contributed by atoms with Gasteiger partial charge in [-0.2, -0.15) is 0 Å². The van der Waals surface area contributed by atoms with E-state index in [4.69, 9.17) is 4.74 Å². The Morgan fingerprint density at radius 2 is 1.87 bits per heavy atom. The number of methoxy groups -OCH3 is 1. The fourth-order valence-corrected chi connectivity index (χ4v) is 3.87. The lowest BCUT2D eigenvalue weighted by atomic mass is 9.72. The molecule has 0 amide bonds. The Morgan fingerprint density at radius 1 is 1.03 bits per heavy atom. The van der Waals surface area contributed by atoms with E-state index in [-0.39, 0.29) is 5.82 Å². The minimum atomic E-state index is -0.808. The second kappa shape index (κ2) is 7.18. The highest BCUT2D eigenvalue weighted by molar-refractivity contribution is 5.84. The Labute approximate surface area is 172 Å². The summed E-state index contributed by atoms with van der Waals surface area (Å²) in [5.74, 6) is 1.70. The van der Waals surface area contributed by atoms with Crippen LogP contribution in [0.15, 0.2) is 72.2 Å². The molecule has 4 heterocycles. The van der Waals surface area contributed by atoms with Crippen LogP contribution in [-0.2, 0) is 11.8 Å². The molecule has 5 rings (SSSR count). The summed E-state index contributed by atoms with van der Waals surface area (Å²) in [6.45, 7) is 0. The van der Waals surface area contributed by atoms with Gasteiger partial charge in [0.15, 0.2) is 5.82 Å². The third kappa shape index (κ3) is 2.95. The monoisotopic (exact) mass is 399 g/mol. The van der Waals surface area contributed by atoms with E-state index in [0.717, 1.165) is 22.6 Å². The summed E-state index contributed by atoms with van der Waals surface area (Å²) in [7, 11) is 1.63. The summed E-state index contributed by atoms with van der Waals surface area (Å²) >= 11 is 0. The second-order valence-corrected chi connectivity index (χ2v) is 7.12. The molecule has 0 saturated carbocycles. The number of aromatic nitrogens is 4. The van der Waals surface area contributed by atoms with Gasteiger partial charge in [0, 0.05) is 42.4 Å². The average molecular weight is 399 g/mol. The molecule has 0 bridgehead atoms. The number of aliphatic imine (C=N–C) groups is 1. The standard InChI is InChI=1S/C23H18FN5O/c1-30-17-6-4-15(5-7-17)21-28-20-11-23(14-27-22(20)29-21,16-3-2-9-25-12-16)18-8-10-26-13-19(18)24/h2-10,12-14H,11H2,1H3,(H,28,29). The van der Waals surface area contributed by atoms with Crippen molar-refractivity contribution in [2.75, 3.05) is 7.11 Å². The Balaban J connectivity index is 1.60. The van der Waals surface area contributed by atoms with E-state index >= 15 is 0 Å². The average Bonchev–Trinajstić information content (AvgIpc) is 3.23. The summed E-state index contributed by atoms with van der Waals surface area (Å²) in [6, 6.07) is 13.1. The lowest BCUT2D eigenvalue weighted by Gasteiger charge is -2.32. The van der Waals surface area contributed by atoms with E-state index < -0.39 is 5.41 Å². The molecule has 0 radical (unpaired) electrons. The number of fused-ring (bicyclic) bond motifs is 1. The largest absolute Gasteiger partial charge is 0.497 e. The maximum absolute atomic E-state index is 14.8. The highest BCUT2D eigenvalue weighted by atomic mass is 19.1. The van der Waals surface area contributed by atoms with Crippen molar-refractivity contribution in [3.05, 3.63) is 89.9 Å². The second-order valence-electron chi connectivity index (χ2n) is 7.12. The number of nitrogens with one attached hydrogen (secondary N) is 1. The minimum Gasteiger partial charge on any atom is -0.497 e. The van der Waals surface area contributed by atoms with Crippen LogP contribution in [0.4, 0.5) is 10.2 Å². The molecule has 1 aliphatic heterocycles. The zero-order valence-electron chi connectivity index (χ0n) is 16.2. The zero-order valence-corrected chi connectivity index (χ0v) is 16.2. The number of hydrogen-bond donors (Lipinski definition) is 1. The fraction of sp³-hybridized carbons (Fsp3) is 0.130. The normalized spacial score (nSPS) is 17.5. The predicted molar refractivity (Wildman–Crippen MR) is 112 cm³/mol. The highest BCUT2D eigenvalue weighted by Crippen LogP contribution is 2.41. The number of halogens is 1.